The van der Waals surface area contributed by atoms with Gasteiger partial charge >= 0.3 is 11.6 Å². The molecule has 28 heavy (non-hydrogen) atoms. The Morgan fingerprint density at radius 1 is 1.21 bits per heavy atom. The summed E-state index contributed by atoms with van der Waals surface area (Å²) in [6.07, 6.45) is -0.323. The zero-order valence-electron chi connectivity index (χ0n) is 15.6. The molecule has 0 saturated heterocycles. The van der Waals surface area contributed by atoms with E-state index in [-0.39, 0.29) is 29.1 Å². The van der Waals surface area contributed by atoms with Gasteiger partial charge in [0.05, 0.1) is 26.2 Å². The van der Waals surface area contributed by atoms with Crippen LogP contribution in [0.4, 0.5) is 0 Å². The maximum absolute atomic E-state index is 12.7. The lowest BCUT2D eigenvalue weighted by molar-refractivity contribution is -0.140. The quantitative estimate of drug-likeness (QED) is 0.646. The SMILES string of the molecule is COC(=O)CC(c1cc2cc(OC)ccc2[nH]c1=O)c1c(O)cc(C)oc1=O. The second-order valence-electron chi connectivity index (χ2n) is 6.28. The van der Waals surface area contributed by atoms with Crippen molar-refractivity contribution in [3.05, 3.63) is 68.0 Å². The number of hydrogen-bond acceptors (Lipinski definition) is 7. The van der Waals surface area contributed by atoms with E-state index in [0.29, 0.717) is 16.7 Å². The number of pyridine rings is 1. The molecule has 0 aliphatic heterocycles. The van der Waals surface area contributed by atoms with Crippen molar-refractivity contribution in [1.82, 2.24) is 4.98 Å². The van der Waals surface area contributed by atoms with E-state index in [4.69, 9.17) is 13.9 Å². The van der Waals surface area contributed by atoms with Crippen molar-refractivity contribution in [2.24, 2.45) is 0 Å². The van der Waals surface area contributed by atoms with Gasteiger partial charge in [0.2, 0.25) is 0 Å². The summed E-state index contributed by atoms with van der Waals surface area (Å²) in [5.74, 6) is -1.26. The Bertz CT molecular complexity index is 1160. The highest BCUT2D eigenvalue weighted by Gasteiger charge is 2.28. The minimum Gasteiger partial charge on any atom is -0.507 e. The average Bonchev–Trinajstić information content (AvgIpc) is 2.65. The van der Waals surface area contributed by atoms with Gasteiger partial charge in [-0.1, -0.05) is 0 Å². The summed E-state index contributed by atoms with van der Waals surface area (Å²) in [6.45, 7) is 1.51. The van der Waals surface area contributed by atoms with Crippen molar-refractivity contribution < 1.29 is 23.8 Å². The molecule has 0 bridgehead atoms. The van der Waals surface area contributed by atoms with Crippen LogP contribution in [0.2, 0.25) is 0 Å². The Morgan fingerprint density at radius 3 is 2.61 bits per heavy atom. The molecule has 2 aromatic heterocycles. The monoisotopic (exact) mass is 385 g/mol. The number of aromatic hydroxyl groups is 1. The number of H-pyrrole nitrogens is 1. The summed E-state index contributed by atoms with van der Waals surface area (Å²) >= 11 is 0. The summed E-state index contributed by atoms with van der Waals surface area (Å²) in [5, 5.41) is 11.0. The number of esters is 1. The van der Waals surface area contributed by atoms with Gasteiger partial charge in [-0.25, -0.2) is 4.79 Å². The topological polar surface area (TPSA) is 119 Å². The molecule has 0 saturated carbocycles. The van der Waals surface area contributed by atoms with Crippen LogP contribution in [0.1, 0.15) is 29.2 Å². The molecule has 0 fully saturated rings. The van der Waals surface area contributed by atoms with Crippen LogP contribution in [0.3, 0.4) is 0 Å². The molecule has 146 valence electrons. The number of carbonyl (C=O) groups is 1. The van der Waals surface area contributed by atoms with Crippen LogP contribution in [0.5, 0.6) is 11.5 Å². The second kappa shape index (κ2) is 7.59. The van der Waals surface area contributed by atoms with Gasteiger partial charge in [-0.05, 0) is 31.2 Å². The van der Waals surface area contributed by atoms with E-state index in [0.717, 1.165) is 0 Å². The molecular formula is C20H19NO7. The Labute approximate surface area is 159 Å². The van der Waals surface area contributed by atoms with Crippen LogP contribution in [0.15, 0.2) is 44.3 Å². The van der Waals surface area contributed by atoms with Gasteiger partial charge in [-0.2, -0.15) is 0 Å². The van der Waals surface area contributed by atoms with Gasteiger partial charge in [0.15, 0.2) is 0 Å². The van der Waals surface area contributed by atoms with E-state index in [1.54, 1.807) is 24.3 Å². The highest BCUT2D eigenvalue weighted by atomic mass is 16.5. The van der Waals surface area contributed by atoms with Gasteiger partial charge in [-0.15, -0.1) is 0 Å². The minimum atomic E-state index is -1.05. The fourth-order valence-electron chi connectivity index (χ4n) is 3.13. The molecule has 1 aromatic carbocycles. The molecule has 8 nitrogen and oxygen atoms in total. The zero-order valence-corrected chi connectivity index (χ0v) is 15.6. The first-order chi connectivity index (χ1) is 13.3. The van der Waals surface area contributed by atoms with Crippen molar-refractivity contribution in [1.29, 1.82) is 0 Å². The van der Waals surface area contributed by atoms with Crippen LogP contribution in [-0.2, 0) is 9.53 Å². The second-order valence-corrected chi connectivity index (χ2v) is 6.28. The highest BCUT2D eigenvalue weighted by Crippen LogP contribution is 2.32. The van der Waals surface area contributed by atoms with Gasteiger partial charge < -0.3 is 24.0 Å². The summed E-state index contributed by atoms with van der Waals surface area (Å²) in [7, 11) is 2.72. The molecule has 0 radical (unpaired) electrons. The Hall–Kier alpha value is -3.55. The van der Waals surface area contributed by atoms with Crippen LogP contribution < -0.4 is 15.9 Å². The van der Waals surface area contributed by atoms with Crippen molar-refractivity contribution in [3.8, 4) is 11.5 Å². The number of aryl methyl sites for hydroxylation is 1. The number of methoxy groups -OCH3 is 2. The molecule has 8 heteroatoms. The lowest BCUT2D eigenvalue weighted by Gasteiger charge is -2.17. The smallest absolute Gasteiger partial charge is 0.343 e. The first-order valence-corrected chi connectivity index (χ1v) is 8.45. The maximum atomic E-state index is 12.7. The number of carbonyl (C=O) groups excluding carboxylic acids is 1. The number of hydrogen-bond donors (Lipinski definition) is 2. The van der Waals surface area contributed by atoms with Crippen molar-refractivity contribution >= 4 is 16.9 Å². The van der Waals surface area contributed by atoms with E-state index in [9.17, 15) is 19.5 Å². The van der Waals surface area contributed by atoms with Crippen LogP contribution >= 0.6 is 0 Å². The van der Waals surface area contributed by atoms with Crippen molar-refractivity contribution in [2.45, 2.75) is 19.3 Å². The zero-order chi connectivity index (χ0) is 20.4. The summed E-state index contributed by atoms with van der Waals surface area (Å²) in [6, 6.07) is 7.92. The van der Waals surface area contributed by atoms with Gasteiger partial charge in [-0.3, -0.25) is 9.59 Å². The Balaban J connectivity index is 2.26. The van der Waals surface area contributed by atoms with Gasteiger partial charge in [0.1, 0.15) is 17.3 Å². The van der Waals surface area contributed by atoms with E-state index in [1.165, 1.54) is 27.2 Å². The first-order valence-electron chi connectivity index (χ1n) is 8.45. The number of aromatic nitrogens is 1. The third-order valence-corrected chi connectivity index (χ3v) is 4.49. The molecule has 0 spiro atoms. The van der Waals surface area contributed by atoms with Crippen molar-refractivity contribution in [2.75, 3.05) is 14.2 Å². The molecule has 0 amide bonds. The van der Waals surface area contributed by atoms with Crippen molar-refractivity contribution in [3.63, 3.8) is 0 Å². The summed E-state index contributed by atoms with van der Waals surface area (Å²) in [5.41, 5.74) is -0.810. The highest BCUT2D eigenvalue weighted by molar-refractivity contribution is 5.81. The summed E-state index contributed by atoms with van der Waals surface area (Å²) in [4.78, 5) is 39.8. The molecule has 3 aromatic rings. The van der Waals surface area contributed by atoms with Crippen LogP contribution in [0.25, 0.3) is 10.9 Å². The molecule has 1 atom stereocenters. The normalized spacial score (nSPS) is 12.0. The van der Waals surface area contributed by atoms with Crippen LogP contribution in [0, 0.1) is 6.92 Å². The maximum Gasteiger partial charge on any atom is 0.343 e. The number of benzene rings is 1. The molecule has 0 aliphatic rings. The molecule has 1 unspecified atom stereocenters. The van der Waals surface area contributed by atoms with E-state index in [2.05, 4.69) is 4.98 Å². The molecular weight excluding hydrogens is 366 g/mol. The minimum absolute atomic E-state index is 0.123. The molecule has 2 heterocycles. The van der Waals surface area contributed by atoms with E-state index >= 15 is 0 Å². The lowest BCUT2D eigenvalue weighted by Crippen LogP contribution is -2.24. The van der Waals surface area contributed by atoms with Gasteiger partial charge in [0, 0.05) is 28.5 Å². The lowest BCUT2D eigenvalue weighted by atomic mass is 9.89. The number of ether oxygens (including phenoxy) is 2. The number of rotatable bonds is 5. The molecule has 0 aliphatic carbocycles. The fourth-order valence-corrected chi connectivity index (χ4v) is 3.13. The molecule has 2 N–H and O–H groups in total. The van der Waals surface area contributed by atoms with E-state index < -0.39 is 23.1 Å². The largest absolute Gasteiger partial charge is 0.507 e. The third kappa shape index (κ3) is 3.62. The number of aromatic amines is 1. The average molecular weight is 385 g/mol. The van der Waals surface area contributed by atoms with E-state index in [1.807, 2.05) is 0 Å². The number of nitrogens with one attached hydrogen (secondary N) is 1. The molecule has 3 rings (SSSR count). The Kier molecular flexibility index (Phi) is 5.21. The Morgan fingerprint density at radius 2 is 1.96 bits per heavy atom. The van der Waals surface area contributed by atoms with Gasteiger partial charge in [0.25, 0.3) is 5.56 Å². The predicted octanol–water partition coefficient (Wildman–Crippen LogP) is 2.20. The number of fused-ring (bicyclic) bond motifs is 1. The standard InChI is InChI=1S/C20H19NO7/c1-10-6-16(22)18(20(25)28-10)13(9-17(23)27-3)14-8-11-7-12(26-2)4-5-15(11)21-19(14)24/h4-8,13,22H,9H2,1-3H3,(H,21,24). The predicted molar refractivity (Wildman–Crippen MR) is 101 cm³/mol. The summed E-state index contributed by atoms with van der Waals surface area (Å²) < 4.78 is 15.0. The van der Waals surface area contributed by atoms with Crippen LogP contribution in [-0.4, -0.2) is 30.3 Å². The third-order valence-electron chi connectivity index (χ3n) is 4.49. The first kappa shape index (κ1) is 19.2. The fraction of sp³-hybridized carbons (Fsp3) is 0.250.